The third kappa shape index (κ3) is 4.71. The van der Waals surface area contributed by atoms with Crippen molar-refractivity contribution in [2.45, 2.75) is 49.7 Å². The lowest BCUT2D eigenvalue weighted by Gasteiger charge is -2.18. The Labute approximate surface area is 175 Å². The first-order valence-corrected chi connectivity index (χ1v) is 11.8. The van der Waals surface area contributed by atoms with Crippen molar-refractivity contribution in [1.82, 2.24) is 9.55 Å². The molecular weight excluding hydrogens is 406 g/mol. The Kier molecular flexibility index (Phi) is 5.89. The summed E-state index contributed by atoms with van der Waals surface area (Å²) in [6.07, 6.45) is 0. The van der Waals surface area contributed by atoms with E-state index >= 15 is 0 Å². The van der Waals surface area contributed by atoms with Gasteiger partial charge in [-0.15, -0.1) is 0 Å². The first-order valence-electron chi connectivity index (χ1n) is 9.30. The van der Waals surface area contributed by atoms with Crippen molar-refractivity contribution in [3.8, 4) is 0 Å². The molecule has 0 unspecified atom stereocenters. The van der Waals surface area contributed by atoms with Crippen molar-refractivity contribution in [2.24, 2.45) is 5.14 Å². The number of carbonyl (C=O) groups is 1. The summed E-state index contributed by atoms with van der Waals surface area (Å²) in [5, 5.41) is 5.89. The minimum atomic E-state index is -3.79. The third-order valence-corrected chi connectivity index (χ3v) is 6.62. The van der Waals surface area contributed by atoms with Crippen LogP contribution in [0.3, 0.4) is 0 Å². The SMILES string of the molecule is CCn1c(SCC(=O)c2ccc(C(C)(C)C)cc2)nc2cc(S(N)(=O)=O)ccc21. The van der Waals surface area contributed by atoms with E-state index in [1.165, 1.54) is 29.5 Å². The first-order chi connectivity index (χ1) is 13.5. The lowest BCUT2D eigenvalue weighted by Crippen LogP contribution is -2.11. The number of Topliss-reactive ketones (excluding diaryl/α,β-unsaturated/α-hetero) is 1. The minimum Gasteiger partial charge on any atom is -0.319 e. The Balaban J connectivity index is 1.81. The van der Waals surface area contributed by atoms with Gasteiger partial charge in [-0.3, -0.25) is 4.79 Å². The van der Waals surface area contributed by atoms with Crippen LogP contribution in [0.5, 0.6) is 0 Å². The lowest BCUT2D eigenvalue weighted by molar-refractivity contribution is 0.102. The van der Waals surface area contributed by atoms with Crippen LogP contribution >= 0.6 is 11.8 Å². The molecular formula is C21H25N3O3S2. The Morgan fingerprint density at radius 1 is 1.14 bits per heavy atom. The topological polar surface area (TPSA) is 95.0 Å². The molecule has 0 radical (unpaired) electrons. The highest BCUT2D eigenvalue weighted by molar-refractivity contribution is 7.99. The molecule has 29 heavy (non-hydrogen) atoms. The van der Waals surface area contributed by atoms with E-state index in [0.29, 0.717) is 22.8 Å². The molecule has 0 fully saturated rings. The largest absolute Gasteiger partial charge is 0.319 e. The predicted molar refractivity (Wildman–Crippen MR) is 117 cm³/mol. The van der Waals surface area contributed by atoms with Crippen LogP contribution in [-0.2, 0) is 22.0 Å². The molecule has 0 saturated carbocycles. The zero-order valence-electron chi connectivity index (χ0n) is 17.0. The number of aromatic nitrogens is 2. The van der Waals surface area contributed by atoms with Gasteiger partial charge in [-0.1, -0.05) is 56.8 Å². The van der Waals surface area contributed by atoms with Crippen molar-refractivity contribution in [2.75, 3.05) is 5.75 Å². The molecule has 0 saturated heterocycles. The molecule has 0 aliphatic rings. The Morgan fingerprint density at radius 3 is 2.34 bits per heavy atom. The highest BCUT2D eigenvalue weighted by atomic mass is 32.2. The monoisotopic (exact) mass is 431 g/mol. The van der Waals surface area contributed by atoms with Gasteiger partial charge in [-0.05, 0) is 36.1 Å². The summed E-state index contributed by atoms with van der Waals surface area (Å²) < 4.78 is 25.1. The fourth-order valence-corrected chi connectivity index (χ4v) is 4.56. The van der Waals surface area contributed by atoms with Crippen LogP contribution in [0, 0.1) is 0 Å². The lowest BCUT2D eigenvalue weighted by atomic mass is 9.86. The number of rotatable bonds is 6. The zero-order valence-corrected chi connectivity index (χ0v) is 18.6. The number of hydrogen-bond donors (Lipinski definition) is 1. The quantitative estimate of drug-likeness (QED) is 0.471. The van der Waals surface area contributed by atoms with Crippen molar-refractivity contribution in [3.63, 3.8) is 0 Å². The summed E-state index contributed by atoms with van der Waals surface area (Å²) in [5.74, 6) is 0.274. The Bertz CT molecular complexity index is 1160. The predicted octanol–water partition coefficient (Wildman–Crippen LogP) is 3.98. The van der Waals surface area contributed by atoms with Gasteiger partial charge in [0, 0.05) is 12.1 Å². The molecule has 0 bridgehead atoms. The average Bonchev–Trinajstić information content (AvgIpc) is 3.01. The molecule has 0 amide bonds. The fraction of sp³-hybridized carbons (Fsp3) is 0.333. The molecule has 6 nitrogen and oxygen atoms in total. The maximum atomic E-state index is 12.6. The number of hydrogen-bond acceptors (Lipinski definition) is 5. The van der Waals surface area contributed by atoms with E-state index in [-0.39, 0.29) is 21.8 Å². The van der Waals surface area contributed by atoms with Gasteiger partial charge < -0.3 is 4.57 Å². The third-order valence-electron chi connectivity index (χ3n) is 4.73. The molecule has 0 spiro atoms. The Hall–Kier alpha value is -2.16. The number of sulfonamides is 1. The summed E-state index contributed by atoms with van der Waals surface area (Å²) in [5.41, 5.74) is 3.24. The van der Waals surface area contributed by atoms with Gasteiger partial charge in [-0.25, -0.2) is 18.5 Å². The number of aryl methyl sites for hydroxylation is 1. The number of nitrogens with two attached hydrogens (primary N) is 1. The van der Waals surface area contributed by atoms with Crippen LogP contribution < -0.4 is 5.14 Å². The van der Waals surface area contributed by atoms with E-state index in [9.17, 15) is 13.2 Å². The van der Waals surface area contributed by atoms with E-state index in [1.54, 1.807) is 6.07 Å². The maximum absolute atomic E-state index is 12.6. The molecule has 0 atom stereocenters. The summed E-state index contributed by atoms with van der Waals surface area (Å²) in [6.45, 7) is 9.04. The molecule has 2 N–H and O–H groups in total. The second-order valence-corrected chi connectivity index (χ2v) is 10.4. The van der Waals surface area contributed by atoms with Crippen LogP contribution in [0.15, 0.2) is 52.5 Å². The number of imidazole rings is 1. The summed E-state index contributed by atoms with van der Waals surface area (Å²) in [6, 6.07) is 12.4. The van der Waals surface area contributed by atoms with Crippen molar-refractivity contribution in [1.29, 1.82) is 0 Å². The second-order valence-electron chi connectivity index (χ2n) is 7.87. The molecule has 2 aromatic carbocycles. The molecule has 8 heteroatoms. The molecule has 1 heterocycles. The number of primary sulfonamides is 1. The molecule has 0 aliphatic carbocycles. The maximum Gasteiger partial charge on any atom is 0.238 e. The highest BCUT2D eigenvalue weighted by Crippen LogP contribution is 2.27. The number of fused-ring (bicyclic) bond motifs is 1. The first kappa shape index (κ1) is 21.5. The van der Waals surface area contributed by atoms with Gasteiger partial charge in [-0.2, -0.15) is 0 Å². The number of thioether (sulfide) groups is 1. The van der Waals surface area contributed by atoms with Crippen LogP contribution in [0.25, 0.3) is 11.0 Å². The Morgan fingerprint density at radius 2 is 1.79 bits per heavy atom. The molecule has 1 aromatic heterocycles. The van der Waals surface area contributed by atoms with Crippen LogP contribution in [0.2, 0.25) is 0 Å². The smallest absolute Gasteiger partial charge is 0.238 e. The number of carbonyl (C=O) groups excluding carboxylic acids is 1. The van der Waals surface area contributed by atoms with Crippen LogP contribution in [0.1, 0.15) is 43.6 Å². The van der Waals surface area contributed by atoms with Crippen LogP contribution in [0.4, 0.5) is 0 Å². The normalized spacial score (nSPS) is 12.4. The highest BCUT2D eigenvalue weighted by Gasteiger charge is 2.17. The average molecular weight is 432 g/mol. The van der Waals surface area contributed by atoms with E-state index in [0.717, 1.165) is 5.52 Å². The van der Waals surface area contributed by atoms with E-state index < -0.39 is 10.0 Å². The van der Waals surface area contributed by atoms with Crippen molar-refractivity contribution in [3.05, 3.63) is 53.6 Å². The second kappa shape index (κ2) is 7.93. The molecule has 0 aliphatic heterocycles. The van der Waals surface area contributed by atoms with Gasteiger partial charge in [0.15, 0.2) is 10.9 Å². The van der Waals surface area contributed by atoms with E-state index in [2.05, 4.69) is 25.8 Å². The standard InChI is InChI=1S/C21H25N3O3S2/c1-5-24-18-11-10-16(29(22,26)27)12-17(18)23-20(24)28-13-19(25)14-6-8-15(9-7-14)21(2,3)4/h6-12H,5,13H2,1-4H3,(H2,22,26,27). The van der Waals surface area contributed by atoms with E-state index in [1.807, 2.05) is 35.8 Å². The van der Waals surface area contributed by atoms with E-state index in [4.69, 9.17) is 5.14 Å². The summed E-state index contributed by atoms with van der Waals surface area (Å²) >= 11 is 1.35. The molecule has 154 valence electrons. The summed E-state index contributed by atoms with van der Waals surface area (Å²) in [4.78, 5) is 17.2. The van der Waals surface area contributed by atoms with Gasteiger partial charge in [0.2, 0.25) is 10.0 Å². The van der Waals surface area contributed by atoms with Gasteiger partial charge in [0.1, 0.15) is 0 Å². The fourth-order valence-electron chi connectivity index (χ4n) is 3.05. The number of nitrogens with zero attached hydrogens (tertiary/aromatic N) is 2. The molecule has 3 aromatic rings. The summed E-state index contributed by atoms with van der Waals surface area (Å²) in [7, 11) is -3.79. The van der Waals surface area contributed by atoms with Crippen molar-refractivity contribution < 1.29 is 13.2 Å². The minimum absolute atomic E-state index is 0.0235. The van der Waals surface area contributed by atoms with Crippen molar-refractivity contribution >= 4 is 38.6 Å². The van der Waals surface area contributed by atoms with Gasteiger partial charge in [0.05, 0.1) is 21.7 Å². The zero-order chi connectivity index (χ0) is 21.4. The van der Waals surface area contributed by atoms with Gasteiger partial charge in [0.25, 0.3) is 0 Å². The molecule has 3 rings (SSSR count). The van der Waals surface area contributed by atoms with Gasteiger partial charge >= 0.3 is 0 Å². The number of benzene rings is 2. The number of ketones is 1. The van der Waals surface area contributed by atoms with Crippen LogP contribution in [-0.4, -0.2) is 29.5 Å².